The third-order valence-corrected chi connectivity index (χ3v) is 6.84. The van der Waals surface area contributed by atoms with Gasteiger partial charge in [-0.1, -0.05) is 36.0 Å². The molecule has 1 aromatic heterocycles. The average molecular weight is 376 g/mol. The minimum atomic E-state index is -3.41. The van der Waals surface area contributed by atoms with Crippen molar-refractivity contribution >= 4 is 32.8 Å². The van der Waals surface area contributed by atoms with E-state index in [1.165, 1.54) is 4.31 Å². The molecule has 1 heterocycles. The molecule has 0 aliphatic carbocycles. The second-order valence-electron chi connectivity index (χ2n) is 5.85. The molecule has 0 radical (unpaired) electrons. The monoisotopic (exact) mass is 375 g/mol. The van der Waals surface area contributed by atoms with Crippen LogP contribution >= 0.6 is 11.8 Å². The molecule has 0 fully saturated rings. The zero-order chi connectivity index (χ0) is 18.0. The van der Waals surface area contributed by atoms with Crippen LogP contribution in [0.5, 0.6) is 0 Å². The Labute approximate surface area is 152 Å². The predicted molar refractivity (Wildman–Crippen MR) is 102 cm³/mol. The number of hydrogen-bond acceptors (Lipinski definition) is 4. The highest BCUT2D eigenvalue weighted by Crippen LogP contribution is 2.27. The Hall–Kier alpha value is -1.83. The van der Waals surface area contributed by atoms with Gasteiger partial charge in [-0.25, -0.2) is 17.7 Å². The Balaban J connectivity index is 1.85. The molecule has 5 nitrogen and oxygen atoms in total. The van der Waals surface area contributed by atoms with Crippen molar-refractivity contribution < 1.29 is 8.42 Å². The third-order valence-electron chi connectivity index (χ3n) is 3.98. The van der Waals surface area contributed by atoms with Crippen LogP contribution in [0.4, 0.5) is 0 Å². The quantitative estimate of drug-likeness (QED) is 0.618. The van der Waals surface area contributed by atoms with Gasteiger partial charge in [-0.3, -0.25) is 0 Å². The van der Waals surface area contributed by atoms with Crippen molar-refractivity contribution in [1.29, 1.82) is 0 Å². The van der Waals surface area contributed by atoms with Crippen molar-refractivity contribution in [3.8, 4) is 0 Å². The second kappa shape index (κ2) is 7.19. The van der Waals surface area contributed by atoms with Gasteiger partial charge >= 0.3 is 0 Å². The summed E-state index contributed by atoms with van der Waals surface area (Å²) in [7, 11) is -0.328. The molecule has 0 spiro atoms. The van der Waals surface area contributed by atoms with Gasteiger partial charge in [0.25, 0.3) is 0 Å². The van der Waals surface area contributed by atoms with Gasteiger partial charge in [-0.05, 0) is 36.8 Å². The maximum Gasteiger partial charge on any atom is 0.242 e. The lowest BCUT2D eigenvalue weighted by Crippen LogP contribution is -2.22. The van der Waals surface area contributed by atoms with Gasteiger partial charge in [0.1, 0.15) is 0 Å². The number of thioether (sulfide) groups is 1. The van der Waals surface area contributed by atoms with Gasteiger partial charge in [0, 0.05) is 26.4 Å². The smallest absolute Gasteiger partial charge is 0.242 e. The Bertz CT molecular complexity index is 994. The molecule has 0 bridgehead atoms. The van der Waals surface area contributed by atoms with Crippen molar-refractivity contribution in [2.45, 2.75) is 29.3 Å². The van der Waals surface area contributed by atoms with E-state index in [-0.39, 0.29) is 0 Å². The van der Waals surface area contributed by atoms with Crippen LogP contribution in [0.3, 0.4) is 0 Å². The van der Waals surface area contributed by atoms with Crippen LogP contribution in [0.25, 0.3) is 11.0 Å². The summed E-state index contributed by atoms with van der Waals surface area (Å²) in [6.07, 6.45) is 0. The van der Waals surface area contributed by atoms with Gasteiger partial charge < -0.3 is 4.57 Å². The fourth-order valence-corrected chi connectivity index (χ4v) is 4.62. The van der Waals surface area contributed by atoms with E-state index in [0.717, 1.165) is 28.3 Å². The first kappa shape index (κ1) is 18.0. The van der Waals surface area contributed by atoms with Gasteiger partial charge in [0.05, 0.1) is 15.9 Å². The molecular weight excluding hydrogens is 354 g/mol. The number of fused-ring (bicyclic) bond motifs is 1. The Morgan fingerprint density at radius 3 is 2.60 bits per heavy atom. The van der Waals surface area contributed by atoms with Crippen LogP contribution in [0.2, 0.25) is 0 Å². The highest BCUT2D eigenvalue weighted by atomic mass is 32.2. The molecule has 2 aromatic carbocycles. The van der Waals surface area contributed by atoms with E-state index in [1.807, 2.05) is 24.3 Å². The summed E-state index contributed by atoms with van der Waals surface area (Å²) in [6, 6.07) is 15.2. The van der Waals surface area contributed by atoms with E-state index in [0.29, 0.717) is 10.6 Å². The first-order valence-electron chi connectivity index (χ1n) is 8.03. The molecule has 0 aliphatic rings. The molecule has 0 N–H and O–H groups in total. The number of nitrogens with zero attached hydrogens (tertiary/aromatic N) is 3. The lowest BCUT2D eigenvalue weighted by molar-refractivity contribution is 0.520. The summed E-state index contributed by atoms with van der Waals surface area (Å²) >= 11 is 1.62. The molecule has 3 rings (SSSR count). The number of rotatable bonds is 6. The summed E-state index contributed by atoms with van der Waals surface area (Å²) in [4.78, 5) is 5.02. The maximum atomic E-state index is 12.3. The molecule has 7 heteroatoms. The number of imidazole rings is 1. The Morgan fingerprint density at radius 1 is 1.12 bits per heavy atom. The van der Waals surface area contributed by atoms with Crippen molar-refractivity contribution in [1.82, 2.24) is 13.9 Å². The molecule has 0 atom stereocenters. The number of benzene rings is 2. The van der Waals surface area contributed by atoms with E-state index >= 15 is 0 Å². The fourth-order valence-electron chi connectivity index (χ4n) is 2.62. The summed E-state index contributed by atoms with van der Waals surface area (Å²) in [5.74, 6) is 0.667. The number of hydrogen-bond donors (Lipinski definition) is 0. The first-order chi connectivity index (χ1) is 11.9. The molecule has 0 amide bonds. The highest BCUT2D eigenvalue weighted by Gasteiger charge is 2.17. The minimum Gasteiger partial charge on any atom is -0.319 e. The van der Waals surface area contributed by atoms with Gasteiger partial charge in [-0.15, -0.1) is 0 Å². The SMILES string of the molecule is CCn1c(SCc2cccc(S(=O)(=O)N(C)C)c2)nc2ccccc21. The topological polar surface area (TPSA) is 55.2 Å². The van der Waals surface area contributed by atoms with Crippen LogP contribution in [0.1, 0.15) is 12.5 Å². The largest absolute Gasteiger partial charge is 0.319 e. The Morgan fingerprint density at radius 2 is 1.88 bits per heavy atom. The van der Waals surface area contributed by atoms with E-state index < -0.39 is 10.0 Å². The summed E-state index contributed by atoms with van der Waals surface area (Å²) in [6.45, 7) is 2.94. The van der Waals surface area contributed by atoms with Gasteiger partial charge in [0.2, 0.25) is 10.0 Å². The average Bonchev–Trinajstić information content (AvgIpc) is 2.97. The predicted octanol–water partition coefficient (Wildman–Crippen LogP) is 3.60. The molecule has 0 saturated carbocycles. The van der Waals surface area contributed by atoms with E-state index in [4.69, 9.17) is 4.98 Å². The number of aryl methyl sites for hydroxylation is 1. The van der Waals surface area contributed by atoms with Crippen LogP contribution in [-0.4, -0.2) is 36.4 Å². The van der Waals surface area contributed by atoms with Crippen molar-refractivity contribution in [2.75, 3.05) is 14.1 Å². The summed E-state index contributed by atoms with van der Waals surface area (Å²) in [5.41, 5.74) is 3.06. The van der Waals surface area contributed by atoms with Gasteiger partial charge in [0.15, 0.2) is 5.16 Å². The standard InChI is InChI=1S/C18H21N3O2S2/c1-4-21-17-11-6-5-10-16(17)19-18(21)24-13-14-8-7-9-15(12-14)25(22,23)20(2)3/h5-12H,4,13H2,1-3H3. The lowest BCUT2D eigenvalue weighted by atomic mass is 10.2. The van der Waals surface area contributed by atoms with Crippen LogP contribution in [-0.2, 0) is 22.3 Å². The molecule has 0 aliphatic heterocycles. The molecule has 25 heavy (non-hydrogen) atoms. The minimum absolute atomic E-state index is 0.319. The molecule has 3 aromatic rings. The normalized spacial score (nSPS) is 12.2. The van der Waals surface area contributed by atoms with E-state index in [1.54, 1.807) is 44.1 Å². The summed E-state index contributed by atoms with van der Waals surface area (Å²) in [5, 5.41) is 0.949. The third kappa shape index (κ3) is 3.58. The number of aromatic nitrogens is 2. The molecular formula is C18H21N3O2S2. The second-order valence-corrected chi connectivity index (χ2v) is 8.95. The van der Waals surface area contributed by atoms with E-state index in [2.05, 4.69) is 17.6 Å². The van der Waals surface area contributed by atoms with Crippen LogP contribution < -0.4 is 0 Å². The molecule has 0 unspecified atom stereocenters. The number of para-hydroxylation sites is 2. The van der Waals surface area contributed by atoms with Crippen LogP contribution in [0, 0.1) is 0 Å². The van der Waals surface area contributed by atoms with Gasteiger partial charge in [-0.2, -0.15) is 0 Å². The first-order valence-corrected chi connectivity index (χ1v) is 10.5. The highest BCUT2D eigenvalue weighted by molar-refractivity contribution is 7.98. The van der Waals surface area contributed by atoms with Crippen molar-refractivity contribution in [2.24, 2.45) is 0 Å². The fraction of sp³-hybridized carbons (Fsp3) is 0.278. The maximum absolute atomic E-state index is 12.3. The zero-order valence-electron chi connectivity index (χ0n) is 14.5. The van der Waals surface area contributed by atoms with Crippen LogP contribution in [0.15, 0.2) is 58.6 Å². The zero-order valence-corrected chi connectivity index (χ0v) is 16.1. The lowest BCUT2D eigenvalue weighted by Gasteiger charge is -2.12. The molecule has 0 saturated heterocycles. The summed E-state index contributed by atoms with van der Waals surface area (Å²) < 4.78 is 28.0. The van der Waals surface area contributed by atoms with Crippen molar-refractivity contribution in [3.63, 3.8) is 0 Å². The Kier molecular flexibility index (Phi) is 5.17. The van der Waals surface area contributed by atoms with Crippen molar-refractivity contribution in [3.05, 3.63) is 54.1 Å². The van der Waals surface area contributed by atoms with E-state index in [9.17, 15) is 8.42 Å². The number of sulfonamides is 1. The molecule has 132 valence electrons.